The van der Waals surface area contributed by atoms with Crippen molar-refractivity contribution in [3.63, 3.8) is 0 Å². The lowest BCUT2D eigenvalue weighted by Crippen LogP contribution is -2.43. The van der Waals surface area contributed by atoms with Crippen molar-refractivity contribution >= 4 is 32.8 Å². The second-order valence-electron chi connectivity index (χ2n) is 11.2. The summed E-state index contributed by atoms with van der Waals surface area (Å²) in [7, 11) is -2.04. The number of benzene rings is 2. The third-order valence-corrected chi connectivity index (χ3v) is 9.32. The number of ether oxygens (including phenoxy) is 2. The van der Waals surface area contributed by atoms with Gasteiger partial charge in [-0.15, -0.1) is 0 Å². The summed E-state index contributed by atoms with van der Waals surface area (Å²) in [4.78, 5) is 30.5. The van der Waals surface area contributed by atoms with Gasteiger partial charge in [-0.05, 0) is 75.4 Å². The number of aromatic nitrogens is 1. The van der Waals surface area contributed by atoms with Crippen molar-refractivity contribution in [2.75, 3.05) is 20.3 Å². The highest BCUT2D eigenvalue weighted by Crippen LogP contribution is 2.28. The van der Waals surface area contributed by atoms with Gasteiger partial charge in [-0.1, -0.05) is 44.2 Å². The highest BCUT2D eigenvalue weighted by atomic mass is 32.2. The van der Waals surface area contributed by atoms with E-state index in [-0.39, 0.29) is 41.3 Å². The van der Waals surface area contributed by atoms with Gasteiger partial charge in [-0.25, -0.2) is 18.1 Å². The predicted molar refractivity (Wildman–Crippen MR) is 165 cm³/mol. The molecule has 1 fully saturated rings. The summed E-state index contributed by atoms with van der Waals surface area (Å²) < 4.78 is 40.2. The van der Waals surface area contributed by atoms with Crippen LogP contribution in [0.1, 0.15) is 58.1 Å². The Morgan fingerprint density at radius 2 is 1.72 bits per heavy atom. The number of carbonyl (C=O) groups excluding carboxylic acids is 2. The topological polar surface area (TPSA) is 136 Å². The molecule has 1 heterocycles. The Morgan fingerprint density at radius 1 is 1.00 bits per heavy atom. The van der Waals surface area contributed by atoms with Gasteiger partial charge in [0.2, 0.25) is 21.8 Å². The molecule has 1 aromatic heterocycles. The predicted octanol–water partition coefficient (Wildman–Crippen LogP) is 4.12. The minimum Gasteiger partial charge on any atom is -0.478 e. The van der Waals surface area contributed by atoms with Gasteiger partial charge < -0.3 is 20.1 Å². The number of hydrogen-bond acceptors (Lipinski definition) is 8. The van der Waals surface area contributed by atoms with Crippen LogP contribution < -0.4 is 20.1 Å². The molecule has 43 heavy (non-hydrogen) atoms. The lowest BCUT2D eigenvalue weighted by molar-refractivity contribution is -0.148. The van der Waals surface area contributed by atoms with Crippen LogP contribution in [0.4, 0.5) is 0 Å². The number of amides is 1. The van der Waals surface area contributed by atoms with E-state index in [1.165, 1.54) is 0 Å². The average molecular weight is 611 g/mol. The van der Waals surface area contributed by atoms with Gasteiger partial charge >= 0.3 is 5.97 Å². The van der Waals surface area contributed by atoms with Gasteiger partial charge in [-0.3, -0.25) is 9.59 Å². The monoisotopic (exact) mass is 610 g/mol. The molecule has 4 rings (SSSR count). The van der Waals surface area contributed by atoms with Crippen molar-refractivity contribution < 1.29 is 27.5 Å². The fourth-order valence-electron chi connectivity index (χ4n) is 5.42. The summed E-state index contributed by atoms with van der Waals surface area (Å²) in [5, 5.41) is 6.76. The summed E-state index contributed by atoms with van der Waals surface area (Å²) in [6.07, 6.45) is 2.15. The summed E-state index contributed by atoms with van der Waals surface area (Å²) >= 11 is 0. The molecule has 2 atom stereocenters. The largest absolute Gasteiger partial charge is 0.478 e. The van der Waals surface area contributed by atoms with Crippen molar-refractivity contribution in [1.82, 2.24) is 20.3 Å². The molecular formula is C32H42N4O6S. The van der Waals surface area contributed by atoms with E-state index in [1.54, 1.807) is 37.4 Å². The first kappa shape index (κ1) is 32.4. The van der Waals surface area contributed by atoms with Crippen molar-refractivity contribution in [2.24, 2.45) is 11.8 Å². The van der Waals surface area contributed by atoms with E-state index in [4.69, 9.17) is 9.47 Å². The van der Waals surface area contributed by atoms with E-state index in [9.17, 15) is 18.0 Å². The molecule has 1 aliphatic rings. The Balaban J connectivity index is 1.34. The van der Waals surface area contributed by atoms with E-state index >= 15 is 0 Å². The molecule has 0 radical (unpaired) electrons. The van der Waals surface area contributed by atoms with Crippen LogP contribution in [-0.4, -0.2) is 57.6 Å². The van der Waals surface area contributed by atoms with Gasteiger partial charge in [0, 0.05) is 23.4 Å². The van der Waals surface area contributed by atoms with Gasteiger partial charge in [-0.2, -0.15) is 0 Å². The number of hydrogen-bond donors (Lipinski definition) is 3. The zero-order chi connectivity index (χ0) is 31.0. The van der Waals surface area contributed by atoms with Crippen LogP contribution in [0.5, 0.6) is 5.88 Å². The Kier molecular flexibility index (Phi) is 11.1. The standard InChI is InChI=1S/C32H42N4O6S/c1-5-41-29-18-13-24-19-26(16-17-27(24)34-29)43(39,40)36-25-14-11-23(12-15-25)31(37)35-28(22-9-7-6-8-10-22)20-42-32(38)30(33-4)21(2)3/h6-10,13,16-19,21,23,25,28,30,33,36H,5,11-12,14-15,20H2,1-4H3,(H,35,37). The number of pyridine rings is 1. The number of rotatable bonds is 13. The van der Waals surface area contributed by atoms with E-state index in [0.717, 1.165) is 5.56 Å². The summed E-state index contributed by atoms with van der Waals surface area (Å²) in [6.45, 7) is 6.27. The number of nitrogens with zero attached hydrogens (tertiary/aromatic N) is 1. The number of likely N-dealkylation sites (N-methyl/N-ethyl adjacent to an activating group) is 1. The van der Waals surface area contributed by atoms with E-state index < -0.39 is 22.1 Å². The second-order valence-corrected chi connectivity index (χ2v) is 12.9. The summed E-state index contributed by atoms with van der Waals surface area (Å²) in [5.41, 5.74) is 1.50. The Hall–Kier alpha value is -3.54. The molecule has 3 aromatic rings. The molecule has 232 valence electrons. The highest BCUT2D eigenvalue weighted by molar-refractivity contribution is 7.89. The van der Waals surface area contributed by atoms with Crippen molar-refractivity contribution in [3.05, 3.63) is 66.2 Å². The molecule has 1 aliphatic carbocycles. The number of sulfonamides is 1. The molecule has 11 heteroatoms. The van der Waals surface area contributed by atoms with Crippen LogP contribution in [0.3, 0.4) is 0 Å². The first-order chi connectivity index (χ1) is 20.6. The Bertz CT molecular complexity index is 1490. The van der Waals surface area contributed by atoms with E-state index in [1.807, 2.05) is 51.1 Å². The smallest absolute Gasteiger partial charge is 0.323 e. The number of carbonyl (C=O) groups is 2. The minimum atomic E-state index is -3.76. The summed E-state index contributed by atoms with van der Waals surface area (Å²) in [5.74, 6) is -0.210. The molecule has 0 aliphatic heterocycles. The first-order valence-electron chi connectivity index (χ1n) is 14.9. The van der Waals surface area contributed by atoms with Gasteiger partial charge in [0.15, 0.2) is 0 Å². The Labute approximate surface area is 254 Å². The average Bonchev–Trinajstić information content (AvgIpc) is 2.99. The molecule has 1 amide bonds. The maximum absolute atomic E-state index is 13.3. The SMILES string of the molecule is CCOc1ccc2cc(S(=O)(=O)NC3CCC(C(=O)NC(COC(=O)C(NC)C(C)C)c4ccccc4)CC3)ccc2n1. The molecule has 0 spiro atoms. The normalized spacial score (nSPS) is 18.6. The zero-order valence-electron chi connectivity index (χ0n) is 25.2. The molecule has 0 bridgehead atoms. The van der Waals surface area contributed by atoms with Crippen molar-refractivity contribution in [2.45, 2.75) is 69.5 Å². The molecule has 2 aromatic carbocycles. The lowest BCUT2D eigenvalue weighted by atomic mass is 9.85. The number of fused-ring (bicyclic) bond motifs is 1. The molecule has 10 nitrogen and oxygen atoms in total. The van der Waals surface area contributed by atoms with Crippen LogP contribution in [0.2, 0.25) is 0 Å². The van der Waals surface area contributed by atoms with E-state index in [2.05, 4.69) is 20.3 Å². The molecule has 2 unspecified atom stereocenters. The molecule has 1 saturated carbocycles. The fraction of sp³-hybridized carbons (Fsp3) is 0.469. The van der Waals surface area contributed by atoms with Crippen LogP contribution in [-0.2, 0) is 24.3 Å². The maximum atomic E-state index is 13.3. The number of nitrogens with one attached hydrogen (secondary N) is 3. The van der Waals surface area contributed by atoms with Crippen LogP contribution in [0, 0.1) is 11.8 Å². The first-order valence-corrected chi connectivity index (χ1v) is 16.3. The highest BCUT2D eigenvalue weighted by Gasteiger charge is 2.31. The van der Waals surface area contributed by atoms with Crippen molar-refractivity contribution in [1.29, 1.82) is 0 Å². The molecular weight excluding hydrogens is 568 g/mol. The van der Waals surface area contributed by atoms with Crippen LogP contribution >= 0.6 is 0 Å². The molecule has 0 saturated heterocycles. The van der Waals surface area contributed by atoms with Crippen molar-refractivity contribution in [3.8, 4) is 5.88 Å². The number of esters is 1. The quantitative estimate of drug-likeness (QED) is 0.246. The van der Waals surface area contributed by atoms with Gasteiger partial charge in [0.25, 0.3) is 0 Å². The van der Waals surface area contributed by atoms with Gasteiger partial charge in [0.1, 0.15) is 12.6 Å². The summed E-state index contributed by atoms with van der Waals surface area (Å²) in [6, 6.07) is 16.6. The van der Waals surface area contributed by atoms with E-state index in [0.29, 0.717) is 49.1 Å². The second kappa shape index (κ2) is 14.8. The lowest BCUT2D eigenvalue weighted by Gasteiger charge is -2.30. The minimum absolute atomic E-state index is 0.0167. The van der Waals surface area contributed by atoms with Crippen LogP contribution in [0.25, 0.3) is 10.9 Å². The Morgan fingerprint density at radius 3 is 2.37 bits per heavy atom. The fourth-order valence-corrected chi connectivity index (χ4v) is 6.76. The van der Waals surface area contributed by atoms with Crippen LogP contribution in [0.15, 0.2) is 65.6 Å². The van der Waals surface area contributed by atoms with Gasteiger partial charge in [0.05, 0.1) is 23.1 Å². The zero-order valence-corrected chi connectivity index (χ0v) is 26.0. The molecule has 3 N–H and O–H groups in total. The third-order valence-electron chi connectivity index (χ3n) is 7.80. The third kappa shape index (κ3) is 8.52. The maximum Gasteiger partial charge on any atom is 0.323 e.